The summed E-state index contributed by atoms with van der Waals surface area (Å²) in [7, 11) is 0. The van der Waals surface area contributed by atoms with Crippen molar-refractivity contribution in [1.82, 2.24) is 5.32 Å². The van der Waals surface area contributed by atoms with E-state index < -0.39 is 0 Å². The average molecular weight is 255 g/mol. The Balaban J connectivity index is 1.93. The Labute approximate surface area is 114 Å². The van der Waals surface area contributed by atoms with Crippen molar-refractivity contribution in [2.45, 2.75) is 26.2 Å². The summed E-state index contributed by atoms with van der Waals surface area (Å²) in [6.45, 7) is 3.94. The predicted octanol–water partition coefficient (Wildman–Crippen LogP) is 3.80. The molecule has 2 rings (SSSR count). The number of rotatable bonds is 7. The van der Waals surface area contributed by atoms with E-state index in [1.807, 2.05) is 36.4 Å². The van der Waals surface area contributed by atoms with Gasteiger partial charge in [0.05, 0.1) is 0 Å². The zero-order chi connectivity index (χ0) is 13.5. The summed E-state index contributed by atoms with van der Waals surface area (Å²) in [5.74, 6) is 0.217. The second-order valence-corrected chi connectivity index (χ2v) is 4.84. The van der Waals surface area contributed by atoms with Gasteiger partial charge in [-0.05, 0) is 29.8 Å². The Morgan fingerprint density at radius 3 is 2.63 bits per heavy atom. The minimum atomic E-state index is 0.217. The van der Waals surface area contributed by atoms with Gasteiger partial charge in [0.25, 0.3) is 0 Å². The lowest BCUT2D eigenvalue weighted by Crippen LogP contribution is -2.19. The van der Waals surface area contributed by atoms with Crippen LogP contribution in [0.2, 0.25) is 0 Å². The van der Waals surface area contributed by atoms with Crippen LogP contribution in [0.4, 0.5) is 0 Å². The zero-order valence-electron chi connectivity index (χ0n) is 11.5. The monoisotopic (exact) mass is 255 g/mol. The molecule has 0 saturated heterocycles. The molecule has 0 aromatic heterocycles. The number of carbonyl (C=O) groups excluding carboxylic acids is 1. The quantitative estimate of drug-likeness (QED) is 0.602. The molecule has 19 heavy (non-hydrogen) atoms. The van der Waals surface area contributed by atoms with Crippen LogP contribution < -0.4 is 5.32 Å². The van der Waals surface area contributed by atoms with Crippen LogP contribution >= 0.6 is 0 Å². The Bertz CT molecular complexity index is 548. The van der Waals surface area contributed by atoms with Crippen LogP contribution in [0.1, 0.15) is 36.5 Å². The first kappa shape index (κ1) is 13.8. The van der Waals surface area contributed by atoms with Crippen LogP contribution in [-0.2, 0) is 0 Å². The second-order valence-electron chi connectivity index (χ2n) is 4.84. The molecule has 0 heterocycles. The largest absolute Gasteiger partial charge is 0.316 e. The molecule has 0 atom stereocenters. The molecular formula is C17H21NO. The van der Waals surface area contributed by atoms with E-state index in [0.29, 0.717) is 6.42 Å². The minimum absolute atomic E-state index is 0.217. The van der Waals surface area contributed by atoms with Crippen molar-refractivity contribution in [3.8, 4) is 0 Å². The SMILES string of the molecule is CCCCNCCC(=O)c1ccc2ccccc2c1. The van der Waals surface area contributed by atoms with Crippen molar-refractivity contribution < 1.29 is 4.79 Å². The molecule has 0 bridgehead atoms. The fourth-order valence-corrected chi connectivity index (χ4v) is 2.14. The maximum absolute atomic E-state index is 12.1. The van der Waals surface area contributed by atoms with Gasteiger partial charge in [-0.15, -0.1) is 0 Å². The number of carbonyl (C=O) groups is 1. The van der Waals surface area contributed by atoms with Crippen molar-refractivity contribution in [2.75, 3.05) is 13.1 Å². The van der Waals surface area contributed by atoms with Gasteiger partial charge in [-0.3, -0.25) is 4.79 Å². The van der Waals surface area contributed by atoms with Gasteiger partial charge in [0.1, 0.15) is 0 Å². The lowest BCUT2D eigenvalue weighted by molar-refractivity contribution is 0.0983. The van der Waals surface area contributed by atoms with E-state index in [1.165, 1.54) is 18.2 Å². The number of benzene rings is 2. The number of nitrogens with one attached hydrogen (secondary N) is 1. The van der Waals surface area contributed by atoms with E-state index in [0.717, 1.165) is 24.0 Å². The van der Waals surface area contributed by atoms with Gasteiger partial charge >= 0.3 is 0 Å². The number of hydrogen-bond donors (Lipinski definition) is 1. The summed E-state index contributed by atoms with van der Waals surface area (Å²) in [4.78, 5) is 12.1. The van der Waals surface area contributed by atoms with Gasteiger partial charge < -0.3 is 5.32 Å². The lowest BCUT2D eigenvalue weighted by Gasteiger charge is -2.05. The standard InChI is InChI=1S/C17H21NO/c1-2-3-11-18-12-10-17(19)16-9-8-14-6-4-5-7-15(14)13-16/h4-9,13,18H,2-3,10-12H2,1H3. The number of fused-ring (bicyclic) bond motifs is 1. The summed E-state index contributed by atoms with van der Waals surface area (Å²) in [6, 6.07) is 14.1. The number of unbranched alkanes of at least 4 members (excludes halogenated alkanes) is 1. The van der Waals surface area contributed by atoms with Crippen LogP contribution in [-0.4, -0.2) is 18.9 Å². The van der Waals surface area contributed by atoms with Gasteiger partial charge in [-0.2, -0.15) is 0 Å². The maximum Gasteiger partial charge on any atom is 0.164 e. The maximum atomic E-state index is 12.1. The van der Waals surface area contributed by atoms with Crippen molar-refractivity contribution in [1.29, 1.82) is 0 Å². The third-order valence-electron chi connectivity index (χ3n) is 3.31. The summed E-state index contributed by atoms with van der Waals surface area (Å²) in [6.07, 6.45) is 2.93. The van der Waals surface area contributed by atoms with Crippen LogP contribution in [0.3, 0.4) is 0 Å². The summed E-state index contributed by atoms with van der Waals surface area (Å²) in [5, 5.41) is 5.62. The summed E-state index contributed by atoms with van der Waals surface area (Å²) >= 11 is 0. The molecular weight excluding hydrogens is 234 g/mol. The number of Topliss-reactive ketones (excluding diaryl/α,β-unsaturated/α-hetero) is 1. The molecule has 0 aliphatic rings. The molecule has 0 aliphatic carbocycles. The molecule has 2 heteroatoms. The van der Waals surface area contributed by atoms with Crippen LogP contribution in [0.5, 0.6) is 0 Å². The molecule has 100 valence electrons. The molecule has 0 amide bonds. The van der Waals surface area contributed by atoms with E-state index in [1.54, 1.807) is 0 Å². The van der Waals surface area contributed by atoms with E-state index in [2.05, 4.69) is 18.3 Å². The van der Waals surface area contributed by atoms with Gasteiger partial charge in [-0.25, -0.2) is 0 Å². The average Bonchev–Trinajstić information content (AvgIpc) is 2.46. The van der Waals surface area contributed by atoms with Gasteiger partial charge in [0.2, 0.25) is 0 Å². The molecule has 0 unspecified atom stereocenters. The topological polar surface area (TPSA) is 29.1 Å². The molecule has 0 aliphatic heterocycles. The first-order valence-electron chi connectivity index (χ1n) is 7.04. The highest BCUT2D eigenvalue weighted by atomic mass is 16.1. The molecule has 0 radical (unpaired) electrons. The Hall–Kier alpha value is -1.67. The number of ketones is 1. The summed E-state index contributed by atoms with van der Waals surface area (Å²) in [5.41, 5.74) is 0.816. The Morgan fingerprint density at radius 2 is 1.84 bits per heavy atom. The fraction of sp³-hybridized carbons (Fsp3) is 0.353. The Kier molecular flexibility index (Phi) is 5.10. The van der Waals surface area contributed by atoms with Gasteiger partial charge in [0, 0.05) is 18.5 Å². The Morgan fingerprint density at radius 1 is 1.05 bits per heavy atom. The van der Waals surface area contributed by atoms with E-state index in [4.69, 9.17) is 0 Å². The third-order valence-corrected chi connectivity index (χ3v) is 3.31. The van der Waals surface area contributed by atoms with E-state index >= 15 is 0 Å². The van der Waals surface area contributed by atoms with Gasteiger partial charge in [0.15, 0.2) is 5.78 Å². The van der Waals surface area contributed by atoms with E-state index in [9.17, 15) is 4.79 Å². The van der Waals surface area contributed by atoms with E-state index in [-0.39, 0.29) is 5.78 Å². The minimum Gasteiger partial charge on any atom is -0.316 e. The predicted molar refractivity (Wildman–Crippen MR) is 80.7 cm³/mol. The van der Waals surface area contributed by atoms with Crippen molar-refractivity contribution >= 4 is 16.6 Å². The fourth-order valence-electron chi connectivity index (χ4n) is 2.14. The highest BCUT2D eigenvalue weighted by molar-refractivity contribution is 6.00. The zero-order valence-corrected chi connectivity index (χ0v) is 11.5. The molecule has 0 saturated carbocycles. The second kappa shape index (κ2) is 7.05. The van der Waals surface area contributed by atoms with Crippen molar-refractivity contribution in [3.05, 3.63) is 48.0 Å². The van der Waals surface area contributed by atoms with Crippen molar-refractivity contribution in [3.63, 3.8) is 0 Å². The van der Waals surface area contributed by atoms with Gasteiger partial charge in [-0.1, -0.05) is 49.7 Å². The first-order chi connectivity index (χ1) is 9.31. The van der Waals surface area contributed by atoms with Crippen molar-refractivity contribution in [2.24, 2.45) is 0 Å². The highest BCUT2D eigenvalue weighted by Crippen LogP contribution is 2.16. The highest BCUT2D eigenvalue weighted by Gasteiger charge is 2.05. The molecule has 2 aromatic carbocycles. The number of hydrogen-bond acceptors (Lipinski definition) is 2. The lowest BCUT2D eigenvalue weighted by atomic mass is 10.0. The van der Waals surface area contributed by atoms with Crippen LogP contribution in [0.15, 0.2) is 42.5 Å². The third kappa shape index (κ3) is 3.90. The first-order valence-corrected chi connectivity index (χ1v) is 7.04. The summed E-state index contributed by atoms with van der Waals surface area (Å²) < 4.78 is 0. The molecule has 1 N–H and O–H groups in total. The molecule has 0 fully saturated rings. The normalized spacial score (nSPS) is 10.8. The molecule has 2 aromatic rings. The molecule has 0 spiro atoms. The van der Waals surface area contributed by atoms with Crippen LogP contribution in [0.25, 0.3) is 10.8 Å². The smallest absolute Gasteiger partial charge is 0.164 e. The van der Waals surface area contributed by atoms with Crippen LogP contribution in [0, 0.1) is 0 Å². The molecule has 2 nitrogen and oxygen atoms in total.